The summed E-state index contributed by atoms with van der Waals surface area (Å²) in [5.74, 6) is 0. The van der Waals surface area contributed by atoms with Gasteiger partial charge >= 0.3 is 0 Å². The van der Waals surface area contributed by atoms with Crippen LogP contribution in [-0.2, 0) is 0 Å². The van der Waals surface area contributed by atoms with Crippen molar-refractivity contribution in [3.05, 3.63) is 66.9 Å². The van der Waals surface area contributed by atoms with Gasteiger partial charge in [0.25, 0.3) is 0 Å². The zero-order valence-electron chi connectivity index (χ0n) is 11.7. The first-order valence-electron chi connectivity index (χ1n) is 7.23. The summed E-state index contributed by atoms with van der Waals surface area (Å²) in [5, 5.41) is 3.36. The molecule has 2 heterocycles. The van der Waals surface area contributed by atoms with E-state index in [0.717, 1.165) is 38.4 Å². The average Bonchev–Trinajstić information content (AvgIpc) is 2.60. The molecular formula is C19H11N3. The highest BCUT2D eigenvalue weighted by atomic mass is 14.8. The van der Waals surface area contributed by atoms with E-state index in [1.54, 1.807) is 6.20 Å². The summed E-state index contributed by atoms with van der Waals surface area (Å²) in [6.45, 7) is 0. The van der Waals surface area contributed by atoms with Crippen LogP contribution in [0.3, 0.4) is 0 Å². The van der Waals surface area contributed by atoms with Crippen LogP contribution in [0.25, 0.3) is 43.7 Å². The van der Waals surface area contributed by atoms with Crippen molar-refractivity contribution < 1.29 is 0 Å². The first-order valence-corrected chi connectivity index (χ1v) is 7.23. The van der Waals surface area contributed by atoms with Crippen molar-refractivity contribution in [1.29, 1.82) is 0 Å². The summed E-state index contributed by atoms with van der Waals surface area (Å²) in [6, 6.07) is 20.5. The predicted octanol–water partition coefficient (Wildman–Crippen LogP) is 4.48. The maximum Gasteiger partial charge on any atom is 0.108 e. The molecule has 0 aliphatic carbocycles. The minimum atomic E-state index is 0.835. The number of para-hydroxylation sites is 1. The largest absolute Gasteiger partial charge is 0.254 e. The maximum absolute atomic E-state index is 4.93. The van der Waals surface area contributed by atoms with E-state index >= 15 is 0 Å². The molecule has 0 saturated carbocycles. The summed E-state index contributed by atoms with van der Waals surface area (Å²) in [5.41, 5.74) is 4.55. The lowest BCUT2D eigenvalue weighted by molar-refractivity contribution is 1.36. The van der Waals surface area contributed by atoms with Gasteiger partial charge in [0.15, 0.2) is 0 Å². The van der Waals surface area contributed by atoms with E-state index < -0.39 is 0 Å². The third-order valence-corrected chi connectivity index (χ3v) is 4.07. The predicted molar refractivity (Wildman–Crippen MR) is 89.9 cm³/mol. The Morgan fingerprint density at radius 2 is 1.32 bits per heavy atom. The highest BCUT2D eigenvalue weighted by Gasteiger charge is 2.08. The minimum absolute atomic E-state index is 0.835. The van der Waals surface area contributed by atoms with Crippen LogP contribution in [0, 0.1) is 0 Å². The summed E-state index contributed by atoms with van der Waals surface area (Å²) < 4.78 is 0. The van der Waals surface area contributed by atoms with Crippen LogP contribution in [0.2, 0.25) is 0 Å². The van der Waals surface area contributed by atoms with Crippen LogP contribution in [-0.4, -0.2) is 15.0 Å². The Bertz CT molecular complexity index is 1090. The molecule has 5 rings (SSSR count). The molecule has 0 saturated heterocycles. The molecule has 102 valence electrons. The molecule has 5 aromatic rings. The fraction of sp³-hybridized carbons (Fsp3) is 0. The van der Waals surface area contributed by atoms with Crippen molar-refractivity contribution in [3.63, 3.8) is 0 Å². The highest BCUT2D eigenvalue weighted by molar-refractivity contribution is 6.09. The van der Waals surface area contributed by atoms with Gasteiger partial charge < -0.3 is 0 Å². The maximum atomic E-state index is 4.93. The van der Waals surface area contributed by atoms with Crippen molar-refractivity contribution in [2.24, 2.45) is 0 Å². The first-order chi connectivity index (χ1) is 10.9. The van der Waals surface area contributed by atoms with Crippen LogP contribution >= 0.6 is 0 Å². The average molecular weight is 281 g/mol. The second kappa shape index (κ2) is 4.21. The normalized spacial score (nSPS) is 11.6. The molecule has 3 nitrogen and oxygen atoms in total. The van der Waals surface area contributed by atoms with E-state index in [4.69, 9.17) is 9.97 Å². The minimum Gasteiger partial charge on any atom is -0.254 e. The molecule has 0 fully saturated rings. The Morgan fingerprint density at radius 3 is 2.27 bits per heavy atom. The van der Waals surface area contributed by atoms with Crippen molar-refractivity contribution in [1.82, 2.24) is 15.0 Å². The standard InChI is InChI=1S/C19H11N3/c1-2-6-13-12(5-1)9-10-16-18(13)22-19-14-7-3-4-8-15(14)20-11-17(19)21-16/h1-11H. The molecule has 0 bridgehead atoms. The van der Waals surface area contributed by atoms with Crippen LogP contribution < -0.4 is 0 Å². The lowest BCUT2D eigenvalue weighted by Gasteiger charge is -2.06. The van der Waals surface area contributed by atoms with Crippen molar-refractivity contribution in [2.45, 2.75) is 0 Å². The molecule has 0 spiro atoms. The molecule has 3 heteroatoms. The van der Waals surface area contributed by atoms with Gasteiger partial charge in [-0.05, 0) is 17.5 Å². The highest BCUT2D eigenvalue weighted by Crippen LogP contribution is 2.27. The van der Waals surface area contributed by atoms with Gasteiger partial charge in [0.05, 0.1) is 22.7 Å². The van der Waals surface area contributed by atoms with Gasteiger partial charge in [-0.3, -0.25) is 4.98 Å². The van der Waals surface area contributed by atoms with Crippen LogP contribution in [0.4, 0.5) is 0 Å². The van der Waals surface area contributed by atoms with Crippen LogP contribution in [0.5, 0.6) is 0 Å². The zero-order chi connectivity index (χ0) is 14.5. The van der Waals surface area contributed by atoms with Crippen LogP contribution in [0.1, 0.15) is 0 Å². The third kappa shape index (κ3) is 1.53. The Kier molecular flexibility index (Phi) is 2.22. The SMILES string of the molecule is c1ccc2c(c1)ccc1nc3cnc4ccccc4c3nc12. The number of pyridine rings is 1. The van der Waals surface area contributed by atoms with E-state index in [1.807, 2.05) is 36.4 Å². The quantitative estimate of drug-likeness (QED) is 0.310. The summed E-state index contributed by atoms with van der Waals surface area (Å²) in [4.78, 5) is 14.2. The number of benzene rings is 3. The number of hydrogen-bond acceptors (Lipinski definition) is 3. The lowest BCUT2D eigenvalue weighted by Crippen LogP contribution is -1.91. The Balaban J connectivity index is 2.05. The fourth-order valence-corrected chi connectivity index (χ4v) is 3.01. The topological polar surface area (TPSA) is 38.7 Å². The molecule has 0 aliphatic heterocycles. The Hall–Kier alpha value is -3.07. The molecular weight excluding hydrogens is 270 g/mol. The van der Waals surface area contributed by atoms with Gasteiger partial charge in [-0.2, -0.15) is 0 Å². The summed E-state index contributed by atoms with van der Waals surface area (Å²) in [6.07, 6.45) is 1.80. The molecule has 0 aliphatic rings. The molecule has 0 atom stereocenters. The van der Waals surface area contributed by atoms with Gasteiger partial charge in [0.2, 0.25) is 0 Å². The van der Waals surface area contributed by atoms with E-state index in [0.29, 0.717) is 0 Å². The van der Waals surface area contributed by atoms with Gasteiger partial charge in [0.1, 0.15) is 11.0 Å². The van der Waals surface area contributed by atoms with Crippen molar-refractivity contribution >= 4 is 43.7 Å². The molecule has 0 unspecified atom stereocenters. The third-order valence-electron chi connectivity index (χ3n) is 4.07. The lowest BCUT2D eigenvalue weighted by atomic mass is 10.1. The molecule has 0 N–H and O–H groups in total. The van der Waals surface area contributed by atoms with Gasteiger partial charge in [-0.1, -0.05) is 48.5 Å². The Labute approximate surface area is 126 Å². The second-order valence-electron chi connectivity index (χ2n) is 5.39. The number of nitrogens with zero attached hydrogens (tertiary/aromatic N) is 3. The smallest absolute Gasteiger partial charge is 0.108 e. The number of hydrogen-bond donors (Lipinski definition) is 0. The molecule has 22 heavy (non-hydrogen) atoms. The van der Waals surface area contributed by atoms with E-state index in [1.165, 1.54) is 5.39 Å². The van der Waals surface area contributed by atoms with Crippen molar-refractivity contribution in [3.8, 4) is 0 Å². The summed E-state index contributed by atoms with van der Waals surface area (Å²) in [7, 11) is 0. The monoisotopic (exact) mass is 281 g/mol. The van der Waals surface area contributed by atoms with E-state index in [2.05, 4.69) is 29.2 Å². The molecule has 3 aromatic carbocycles. The van der Waals surface area contributed by atoms with Gasteiger partial charge in [0, 0.05) is 10.8 Å². The number of aromatic nitrogens is 3. The van der Waals surface area contributed by atoms with Gasteiger partial charge in [-0.15, -0.1) is 0 Å². The zero-order valence-corrected chi connectivity index (χ0v) is 11.7. The van der Waals surface area contributed by atoms with E-state index in [-0.39, 0.29) is 0 Å². The van der Waals surface area contributed by atoms with Gasteiger partial charge in [-0.25, -0.2) is 9.97 Å². The fourth-order valence-electron chi connectivity index (χ4n) is 3.01. The Morgan fingerprint density at radius 1 is 0.545 bits per heavy atom. The van der Waals surface area contributed by atoms with E-state index in [9.17, 15) is 0 Å². The number of rotatable bonds is 0. The number of fused-ring (bicyclic) bond motifs is 6. The molecule has 0 radical (unpaired) electrons. The first kappa shape index (κ1) is 11.6. The van der Waals surface area contributed by atoms with Crippen LogP contribution in [0.15, 0.2) is 66.9 Å². The van der Waals surface area contributed by atoms with Crippen molar-refractivity contribution in [2.75, 3.05) is 0 Å². The second-order valence-corrected chi connectivity index (χ2v) is 5.39. The summed E-state index contributed by atoms with van der Waals surface area (Å²) >= 11 is 0. The molecule has 2 aromatic heterocycles. The molecule has 0 amide bonds.